The molecule has 1 rings (SSSR count). The monoisotopic (exact) mass is 278 g/mol. The minimum absolute atomic E-state index is 0.0497. The summed E-state index contributed by atoms with van der Waals surface area (Å²) in [5.41, 5.74) is 7.91. The van der Waals surface area contributed by atoms with E-state index >= 15 is 0 Å². The van der Waals surface area contributed by atoms with E-state index in [0.29, 0.717) is 6.42 Å². The van der Waals surface area contributed by atoms with E-state index in [1.165, 1.54) is 0 Å². The number of hydrogen-bond donors (Lipinski definition) is 2. The van der Waals surface area contributed by atoms with Gasteiger partial charge in [0.15, 0.2) is 0 Å². The first-order chi connectivity index (χ1) is 9.21. The molecule has 20 heavy (non-hydrogen) atoms. The van der Waals surface area contributed by atoms with Crippen molar-refractivity contribution in [1.82, 2.24) is 0 Å². The average Bonchev–Trinajstić information content (AvgIpc) is 2.25. The van der Waals surface area contributed by atoms with Gasteiger partial charge >= 0.3 is 0 Å². The van der Waals surface area contributed by atoms with E-state index in [9.17, 15) is 4.79 Å². The van der Waals surface area contributed by atoms with Crippen LogP contribution in [-0.2, 0) is 4.79 Å². The van der Waals surface area contributed by atoms with Gasteiger partial charge in [-0.3, -0.25) is 4.79 Å². The van der Waals surface area contributed by atoms with E-state index < -0.39 is 0 Å². The number of carbonyl (C=O) groups excluding carboxylic acids is 1. The highest BCUT2D eigenvalue weighted by atomic mass is 16.5. The third kappa shape index (κ3) is 5.61. The van der Waals surface area contributed by atoms with Gasteiger partial charge in [-0.25, -0.2) is 0 Å². The van der Waals surface area contributed by atoms with Crippen LogP contribution in [0, 0.1) is 12.3 Å². The molecule has 4 heteroatoms. The summed E-state index contributed by atoms with van der Waals surface area (Å²) >= 11 is 0. The van der Waals surface area contributed by atoms with Gasteiger partial charge in [-0.05, 0) is 42.5 Å². The Morgan fingerprint density at radius 3 is 2.55 bits per heavy atom. The molecule has 0 bridgehead atoms. The predicted octanol–water partition coefficient (Wildman–Crippen LogP) is 3.10. The molecule has 0 saturated heterocycles. The number of carbonyl (C=O) groups is 1. The average molecular weight is 278 g/mol. The van der Waals surface area contributed by atoms with Crippen LogP contribution in [0.3, 0.4) is 0 Å². The van der Waals surface area contributed by atoms with Gasteiger partial charge in [0.1, 0.15) is 5.75 Å². The topological polar surface area (TPSA) is 64.3 Å². The highest BCUT2D eigenvalue weighted by Gasteiger charge is 2.18. The zero-order valence-electron chi connectivity index (χ0n) is 13.1. The first kappa shape index (κ1) is 16.5. The zero-order valence-corrected chi connectivity index (χ0v) is 13.1. The van der Waals surface area contributed by atoms with Gasteiger partial charge in [0.25, 0.3) is 0 Å². The van der Waals surface area contributed by atoms with Crippen molar-refractivity contribution in [2.75, 3.05) is 12.4 Å². The minimum atomic E-state index is -0.116. The molecule has 0 heterocycles. The first-order valence-electron chi connectivity index (χ1n) is 6.91. The first-order valence-corrected chi connectivity index (χ1v) is 6.91. The van der Waals surface area contributed by atoms with Crippen molar-refractivity contribution in [3.63, 3.8) is 0 Å². The van der Waals surface area contributed by atoms with Gasteiger partial charge in [-0.2, -0.15) is 0 Å². The zero-order chi connectivity index (χ0) is 15.3. The maximum absolute atomic E-state index is 12.0. The highest BCUT2D eigenvalue weighted by molar-refractivity contribution is 5.91. The van der Waals surface area contributed by atoms with Crippen molar-refractivity contribution in [2.45, 2.75) is 46.6 Å². The quantitative estimate of drug-likeness (QED) is 0.870. The lowest BCUT2D eigenvalue weighted by atomic mass is 9.87. The van der Waals surface area contributed by atoms with Crippen molar-refractivity contribution in [3.05, 3.63) is 23.8 Å². The molecule has 0 aromatic heterocycles. The minimum Gasteiger partial charge on any atom is -0.496 e. The Kier molecular flexibility index (Phi) is 5.57. The van der Waals surface area contributed by atoms with Crippen LogP contribution in [0.1, 0.15) is 39.2 Å². The number of ether oxygens (including phenoxy) is 1. The maximum Gasteiger partial charge on any atom is 0.225 e. The van der Waals surface area contributed by atoms with E-state index in [2.05, 4.69) is 26.1 Å². The van der Waals surface area contributed by atoms with Gasteiger partial charge in [-0.1, -0.05) is 20.8 Å². The van der Waals surface area contributed by atoms with Gasteiger partial charge in [0.2, 0.25) is 5.91 Å². The molecule has 0 saturated carbocycles. The van der Waals surface area contributed by atoms with Crippen LogP contribution < -0.4 is 15.8 Å². The third-order valence-corrected chi connectivity index (χ3v) is 3.00. The second-order valence-electron chi connectivity index (χ2n) is 6.46. The maximum atomic E-state index is 12.0. The van der Waals surface area contributed by atoms with Gasteiger partial charge in [-0.15, -0.1) is 0 Å². The molecule has 0 fully saturated rings. The molecule has 1 aromatic carbocycles. The third-order valence-electron chi connectivity index (χ3n) is 3.00. The summed E-state index contributed by atoms with van der Waals surface area (Å²) in [6, 6.07) is 5.46. The molecular weight excluding hydrogens is 252 g/mol. The Balaban J connectivity index is 2.56. The second kappa shape index (κ2) is 6.75. The predicted molar refractivity (Wildman–Crippen MR) is 83.0 cm³/mol. The Bertz CT molecular complexity index is 464. The number of amides is 1. The van der Waals surface area contributed by atoms with E-state index in [1.54, 1.807) is 7.11 Å². The number of benzene rings is 1. The molecule has 1 aromatic rings. The lowest BCUT2D eigenvalue weighted by Gasteiger charge is -2.22. The van der Waals surface area contributed by atoms with E-state index in [0.717, 1.165) is 23.4 Å². The molecule has 0 aliphatic heterocycles. The number of methoxy groups -OCH3 is 1. The molecule has 0 spiro atoms. The SMILES string of the molecule is COc1ccc(NC(=O)CC(N)CC(C)(C)C)cc1C. The van der Waals surface area contributed by atoms with E-state index in [-0.39, 0.29) is 17.4 Å². The molecule has 1 unspecified atom stereocenters. The number of nitrogens with two attached hydrogens (primary N) is 1. The van der Waals surface area contributed by atoms with Gasteiger partial charge in [0.05, 0.1) is 7.11 Å². The summed E-state index contributed by atoms with van der Waals surface area (Å²) < 4.78 is 5.19. The van der Waals surface area contributed by atoms with Crippen molar-refractivity contribution in [2.24, 2.45) is 11.1 Å². The van der Waals surface area contributed by atoms with Crippen molar-refractivity contribution < 1.29 is 9.53 Å². The second-order valence-corrected chi connectivity index (χ2v) is 6.46. The summed E-state index contributed by atoms with van der Waals surface area (Å²) in [4.78, 5) is 12.0. The fourth-order valence-corrected chi connectivity index (χ4v) is 2.27. The number of nitrogens with one attached hydrogen (secondary N) is 1. The van der Waals surface area contributed by atoms with Crippen LogP contribution in [0.25, 0.3) is 0 Å². The molecule has 0 aliphatic carbocycles. The Labute approximate surface area is 121 Å². The van der Waals surface area contributed by atoms with E-state index in [4.69, 9.17) is 10.5 Å². The summed E-state index contributed by atoms with van der Waals surface area (Å²) in [5, 5.41) is 2.88. The smallest absolute Gasteiger partial charge is 0.225 e. The Morgan fingerprint density at radius 1 is 1.40 bits per heavy atom. The van der Waals surface area contributed by atoms with Crippen LogP contribution in [0.2, 0.25) is 0 Å². The number of anilines is 1. The lowest BCUT2D eigenvalue weighted by molar-refractivity contribution is -0.116. The summed E-state index contributed by atoms with van der Waals surface area (Å²) in [5.74, 6) is 0.763. The lowest BCUT2D eigenvalue weighted by Crippen LogP contribution is -2.31. The number of hydrogen-bond acceptors (Lipinski definition) is 3. The fourth-order valence-electron chi connectivity index (χ4n) is 2.27. The highest BCUT2D eigenvalue weighted by Crippen LogP contribution is 2.23. The summed E-state index contributed by atoms with van der Waals surface area (Å²) in [7, 11) is 1.63. The molecular formula is C16H26N2O2. The van der Waals surface area contributed by atoms with Crippen molar-refractivity contribution >= 4 is 11.6 Å². The normalized spacial score (nSPS) is 12.9. The van der Waals surface area contributed by atoms with Crippen LogP contribution in [0.15, 0.2) is 18.2 Å². The Hall–Kier alpha value is -1.55. The van der Waals surface area contributed by atoms with Crippen LogP contribution in [0.5, 0.6) is 5.75 Å². The molecule has 112 valence electrons. The molecule has 1 amide bonds. The summed E-state index contributed by atoms with van der Waals surface area (Å²) in [6.45, 7) is 8.31. The molecule has 0 aliphatic rings. The van der Waals surface area contributed by atoms with Crippen LogP contribution >= 0.6 is 0 Å². The summed E-state index contributed by atoms with van der Waals surface area (Å²) in [6.07, 6.45) is 1.16. The largest absolute Gasteiger partial charge is 0.496 e. The molecule has 3 N–H and O–H groups in total. The van der Waals surface area contributed by atoms with Crippen LogP contribution in [0.4, 0.5) is 5.69 Å². The van der Waals surface area contributed by atoms with Gasteiger partial charge < -0.3 is 15.8 Å². The van der Waals surface area contributed by atoms with Crippen LogP contribution in [-0.4, -0.2) is 19.1 Å². The molecule has 0 radical (unpaired) electrons. The van der Waals surface area contributed by atoms with Gasteiger partial charge in [0, 0.05) is 18.2 Å². The fraction of sp³-hybridized carbons (Fsp3) is 0.562. The van der Waals surface area contributed by atoms with E-state index in [1.807, 2.05) is 25.1 Å². The van der Waals surface area contributed by atoms with Crippen molar-refractivity contribution in [3.8, 4) is 5.75 Å². The molecule has 4 nitrogen and oxygen atoms in total. The standard InChI is InChI=1S/C16H26N2O2/c1-11-8-13(6-7-14(11)20-5)18-15(19)9-12(17)10-16(2,3)4/h6-8,12H,9-10,17H2,1-5H3,(H,18,19). The van der Waals surface area contributed by atoms with Crippen molar-refractivity contribution in [1.29, 1.82) is 0 Å². The number of aryl methyl sites for hydroxylation is 1. The molecule has 1 atom stereocenters. The number of rotatable bonds is 5. The Morgan fingerprint density at radius 2 is 2.05 bits per heavy atom.